The van der Waals surface area contributed by atoms with Crippen molar-refractivity contribution in [1.29, 1.82) is 0 Å². The van der Waals surface area contributed by atoms with Crippen molar-refractivity contribution in [3.8, 4) is 0 Å². The van der Waals surface area contributed by atoms with Gasteiger partial charge in [0.05, 0.1) is 0 Å². The second-order valence-electron chi connectivity index (χ2n) is 3.74. The monoisotopic (exact) mass is 275 g/mol. The largest absolute Gasteiger partial charge is 0.323 e. The third kappa shape index (κ3) is 4.05. The molecule has 0 unspecified atom stereocenters. The summed E-state index contributed by atoms with van der Waals surface area (Å²) in [6.07, 6.45) is 3.55. The number of rotatable bonds is 3. The third-order valence-electron chi connectivity index (χ3n) is 2.25. The standard InChI is InChI=1S/C14H13NOS2/c1-11-2-4-13(5-3-11)18-14(16)15-8-6-12-7-9-17-10-12/h2-10H,1H3,(H,15,16)/b8-6+. The summed E-state index contributed by atoms with van der Waals surface area (Å²) < 4.78 is 0. The van der Waals surface area contributed by atoms with Gasteiger partial charge in [-0.25, -0.2) is 0 Å². The second kappa shape index (κ2) is 6.42. The van der Waals surface area contributed by atoms with E-state index < -0.39 is 0 Å². The van der Waals surface area contributed by atoms with Gasteiger partial charge in [-0.2, -0.15) is 11.3 Å². The van der Waals surface area contributed by atoms with Crippen LogP contribution in [0.2, 0.25) is 0 Å². The molecule has 0 fully saturated rings. The van der Waals surface area contributed by atoms with Gasteiger partial charge in [0.15, 0.2) is 0 Å². The minimum absolute atomic E-state index is 0.0784. The number of amides is 1. The predicted octanol–water partition coefficient (Wildman–Crippen LogP) is 4.53. The Morgan fingerprint density at radius 1 is 1.28 bits per heavy atom. The molecule has 4 heteroatoms. The molecule has 0 bridgehead atoms. The number of nitrogens with one attached hydrogen (secondary N) is 1. The van der Waals surface area contributed by atoms with Gasteiger partial charge in [-0.3, -0.25) is 4.79 Å². The Balaban J connectivity index is 1.84. The van der Waals surface area contributed by atoms with Crippen LogP contribution in [-0.4, -0.2) is 5.24 Å². The summed E-state index contributed by atoms with van der Waals surface area (Å²) in [6.45, 7) is 2.03. The van der Waals surface area contributed by atoms with E-state index in [-0.39, 0.29) is 5.24 Å². The molecule has 1 amide bonds. The molecule has 18 heavy (non-hydrogen) atoms. The van der Waals surface area contributed by atoms with Crippen molar-refractivity contribution in [2.75, 3.05) is 0 Å². The fourth-order valence-corrected chi connectivity index (χ4v) is 2.56. The van der Waals surface area contributed by atoms with Crippen LogP contribution in [0.25, 0.3) is 6.08 Å². The highest BCUT2D eigenvalue weighted by atomic mass is 32.2. The molecule has 2 aromatic rings. The molecule has 0 radical (unpaired) electrons. The minimum atomic E-state index is -0.0784. The summed E-state index contributed by atoms with van der Waals surface area (Å²) in [5.74, 6) is 0. The van der Waals surface area contributed by atoms with Crippen LogP contribution < -0.4 is 5.32 Å². The highest BCUT2D eigenvalue weighted by molar-refractivity contribution is 8.13. The smallest absolute Gasteiger partial charge is 0.287 e. The molecular weight excluding hydrogens is 262 g/mol. The number of hydrogen-bond acceptors (Lipinski definition) is 3. The van der Waals surface area contributed by atoms with E-state index in [0.29, 0.717) is 0 Å². The number of aryl methyl sites for hydroxylation is 1. The van der Waals surface area contributed by atoms with E-state index >= 15 is 0 Å². The molecule has 0 saturated carbocycles. The number of carbonyl (C=O) groups is 1. The molecule has 2 nitrogen and oxygen atoms in total. The first-order chi connectivity index (χ1) is 8.74. The van der Waals surface area contributed by atoms with Gasteiger partial charge in [-0.1, -0.05) is 17.7 Å². The summed E-state index contributed by atoms with van der Waals surface area (Å²) >= 11 is 2.82. The van der Waals surface area contributed by atoms with Gasteiger partial charge in [-0.15, -0.1) is 0 Å². The average molecular weight is 275 g/mol. The van der Waals surface area contributed by atoms with E-state index in [2.05, 4.69) is 5.32 Å². The number of benzene rings is 1. The van der Waals surface area contributed by atoms with Crippen LogP contribution in [0.3, 0.4) is 0 Å². The van der Waals surface area contributed by atoms with E-state index in [9.17, 15) is 4.79 Å². The molecule has 0 aliphatic carbocycles. The van der Waals surface area contributed by atoms with Crippen molar-refractivity contribution >= 4 is 34.4 Å². The Morgan fingerprint density at radius 3 is 2.72 bits per heavy atom. The minimum Gasteiger partial charge on any atom is -0.323 e. The fourth-order valence-electron chi connectivity index (χ4n) is 1.32. The second-order valence-corrected chi connectivity index (χ2v) is 5.56. The average Bonchev–Trinajstić information content (AvgIpc) is 2.85. The molecule has 1 N–H and O–H groups in total. The molecule has 0 spiro atoms. The Bertz CT molecular complexity index is 529. The highest BCUT2D eigenvalue weighted by Crippen LogP contribution is 2.18. The maximum Gasteiger partial charge on any atom is 0.287 e. The van der Waals surface area contributed by atoms with E-state index in [1.54, 1.807) is 17.5 Å². The zero-order chi connectivity index (χ0) is 12.8. The SMILES string of the molecule is Cc1ccc(SC(=O)N/C=C/c2ccsc2)cc1. The molecule has 1 aromatic heterocycles. The number of carbonyl (C=O) groups excluding carboxylic acids is 1. The van der Waals surface area contributed by atoms with Crippen molar-refractivity contribution in [1.82, 2.24) is 5.32 Å². The van der Waals surface area contributed by atoms with Crippen molar-refractivity contribution < 1.29 is 4.79 Å². The summed E-state index contributed by atoms with van der Waals surface area (Å²) in [4.78, 5) is 12.6. The van der Waals surface area contributed by atoms with Gasteiger partial charge in [0, 0.05) is 11.1 Å². The molecule has 0 aliphatic heterocycles. The van der Waals surface area contributed by atoms with Crippen LogP contribution in [0.1, 0.15) is 11.1 Å². The predicted molar refractivity (Wildman–Crippen MR) is 78.9 cm³/mol. The molecule has 1 heterocycles. The Labute approximate surface area is 115 Å². The quantitative estimate of drug-likeness (QED) is 0.834. The van der Waals surface area contributed by atoms with Crippen molar-refractivity contribution in [2.24, 2.45) is 0 Å². The lowest BCUT2D eigenvalue weighted by Gasteiger charge is -2.00. The van der Waals surface area contributed by atoms with Crippen LogP contribution in [0.4, 0.5) is 4.79 Å². The Hall–Kier alpha value is -1.52. The van der Waals surface area contributed by atoms with Crippen LogP contribution in [0.5, 0.6) is 0 Å². The molecular formula is C14H13NOS2. The van der Waals surface area contributed by atoms with Gasteiger partial charge in [0.2, 0.25) is 0 Å². The summed E-state index contributed by atoms with van der Waals surface area (Å²) in [5.41, 5.74) is 2.29. The first-order valence-electron chi connectivity index (χ1n) is 5.48. The molecule has 0 atom stereocenters. The Kier molecular flexibility index (Phi) is 4.61. The van der Waals surface area contributed by atoms with Crippen molar-refractivity contribution in [2.45, 2.75) is 11.8 Å². The lowest BCUT2D eigenvalue weighted by atomic mass is 10.2. The summed E-state index contributed by atoms with van der Waals surface area (Å²) in [7, 11) is 0. The van der Waals surface area contributed by atoms with Gasteiger partial charge >= 0.3 is 0 Å². The molecule has 0 aliphatic rings. The topological polar surface area (TPSA) is 29.1 Å². The first kappa shape index (κ1) is 12.9. The van der Waals surface area contributed by atoms with E-state index in [1.807, 2.05) is 54.1 Å². The first-order valence-corrected chi connectivity index (χ1v) is 7.24. The molecule has 92 valence electrons. The van der Waals surface area contributed by atoms with Gasteiger partial charge in [0.25, 0.3) is 5.24 Å². The Morgan fingerprint density at radius 2 is 2.06 bits per heavy atom. The number of thioether (sulfide) groups is 1. The fraction of sp³-hybridized carbons (Fsp3) is 0.0714. The molecule has 1 aromatic carbocycles. The lowest BCUT2D eigenvalue weighted by molar-refractivity contribution is 0.263. The van der Waals surface area contributed by atoms with Crippen molar-refractivity contribution in [3.05, 3.63) is 58.4 Å². The lowest BCUT2D eigenvalue weighted by Crippen LogP contribution is -2.09. The number of hydrogen-bond donors (Lipinski definition) is 1. The van der Waals surface area contributed by atoms with E-state index in [1.165, 1.54) is 17.3 Å². The zero-order valence-corrected chi connectivity index (χ0v) is 11.6. The van der Waals surface area contributed by atoms with Gasteiger partial charge < -0.3 is 5.32 Å². The van der Waals surface area contributed by atoms with E-state index in [4.69, 9.17) is 0 Å². The van der Waals surface area contributed by atoms with Gasteiger partial charge in [0.1, 0.15) is 0 Å². The third-order valence-corrected chi connectivity index (χ3v) is 3.76. The number of thiophene rings is 1. The molecule has 0 saturated heterocycles. The maximum absolute atomic E-state index is 11.6. The highest BCUT2D eigenvalue weighted by Gasteiger charge is 2.01. The maximum atomic E-state index is 11.6. The summed E-state index contributed by atoms with van der Waals surface area (Å²) in [6, 6.07) is 9.89. The van der Waals surface area contributed by atoms with Crippen LogP contribution in [-0.2, 0) is 0 Å². The van der Waals surface area contributed by atoms with E-state index in [0.717, 1.165) is 10.5 Å². The van der Waals surface area contributed by atoms with Crippen LogP contribution >= 0.6 is 23.1 Å². The van der Waals surface area contributed by atoms with Crippen LogP contribution in [0, 0.1) is 6.92 Å². The van der Waals surface area contributed by atoms with Crippen molar-refractivity contribution in [3.63, 3.8) is 0 Å². The van der Waals surface area contributed by atoms with Crippen LogP contribution in [0.15, 0.2) is 52.2 Å². The zero-order valence-electron chi connectivity index (χ0n) is 9.92. The van der Waals surface area contributed by atoms with Gasteiger partial charge in [-0.05, 0) is 59.3 Å². The normalized spacial score (nSPS) is 10.7. The molecule has 2 rings (SSSR count). The summed E-state index contributed by atoms with van der Waals surface area (Å²) in [5, 5.41) is 6.68.